The topological polar surface area (TPSA) is 193 Å². The van der Waals surface area contributed by atoms with E-state index in [1.807, 2.05) is 0 Å². The van der Waals surface area contributed by atoms with E-state index in [1.54, 1.807) is 116 Å². The summed E-state index contributed by atoms with van der Waals surface area (Å²) < 4.78 is 40.4. The van der Waals surface area contributed by atoms with E-state index in [2.05, 4.69) is 9.47 Å². The average Bonchev–Trinajstić information content (AvgIpc) is 1.61. The second-order valence-corrected chi connectivity index (χ2v) is 36.9. The summed E-state index contributed by atoms with van der Waals surface area (Å²) >= 11 is 0. The quantitative estimate of drug-likeness (QED) is 0.0961. The summed E-state index contributed by atoms with van der Waals surface area (Å²) in [5.74, 6) is 22.6. The summed E-state index contributed by atoms with van der Waals surface area (Å²) in [4.78, 5) is 77.5. The number of hydrogen-bond acceptors (Lipinski definition) is 15. The van der Waals surface area contributed by atoms with E-state index in [0.29, 0.717) is 59.7 Å². The standard InChI is InChI=1S/C12H18.C10H14O2.2C10H16.C9H10O3.C9H12O2.C8H10O2.C6H6O4.C6H10O2/c1-2-8-5-7(1)11-9-3-4-10(6-9)12(8)11;11-10-8-2-6-1-7(3-8)5-9(4-6)12-10;1-7-2-9-4-8(1)5-10(3-7)6-9;1-2-9-7-4-5-8(6-7)10(9)3-1;10-8-6-4-1-2-5(3-4)7(6)9(11)12-8;10-9-8-6-2-1-5(3-6)7(8)4-11-9;9-8-6-2-4-1-5(6)7(3-4)10-8;7-5-1-3-4(10-5)2-9-6(3)8;1-3-7-6-2-4-8-5(1)6/h7-12H,1-6H2;6-9H,1-5H2;2*7-10H,1-6H2;4-7H,1-3H2;5-8H,1-4H2;4-7H,1-3H2;3-4H,1-2H2;5-6H,1-4H2. The van der Waals surface area contributed by atoms with Crippen LogP contribution in [0.4, 0.5) is 0 Å². The van der Waals surface area contributed by atoms with Crippen molar-refractivity contribution in [2.24, 2.45) is 172 Å². The molecule has 0 N–H and O–H groups in total. The molecule has 28 aliphatic rings. The molecule has 0 radical (unpaired) electrons. The van der Waals surface area contributed by atoms with Crippen molar-refractivity contribution in [2.75, 3.05) is 26.4 Å². The molecule has 0 spiro atoms. The number of hydrogen-bond donors (Lipinski definition) is 0. The normalized spacial score (nSPS) is 52.8. The number of fused-ring (bicyclic) bond motifs is 28. The van der Waals surface area contributed by atoms with Crippen LogP contribution in [0.15, 0.2) is 0 Å². The molecule has 0 aromatic heterocycles. The van der Waals surface area contributed by atoms with E-state index in [9.17, 15) is 33.6 Å². The third kappa shape index (κ3) is 12.1. The Morgan fingerprint density at radius 1 is 0.284 bits per heavy atom. The molecular formula is C80H112O15. The molecule has 9 saturated heterocycles. The van der Waals surface area contributed by atoms with Crippen molar-refractivity contribution >= 4 is 41.8 Å². The van der Waals surface area contributed by atoms with Crippen molar-refractivity contribution in [2.45, 2.75) is 255 Å². The van der Waals surface area contributed by atoms with E-state index in [0.717, 1.165) is 114 Å². The van der Waals surface area contributed by atoms with E-state index in [-0.39, 0.29) is 90.7 Å². The Morgan fingerprint density at radius 2 is 0.747 bits per heavy atom. The zero-order valence-corrected chi connectivity index (χ0v) is 56.8. The highest BCUT2D eigenvalue weighted by Gasteiger charge is 2.62. The van der Waals surface area contributed by atoms with Crippen LogP contribution in [0.1, 0.15) is 225 Å². The molecule has 19 aliphatic carbocycles. The molecule has 19 saturated carbocycles. The molecular weight excluding hydrogens is 1200 g/mol. The number of carbonyl (C=O) groups is 7. The number of ether oxygens (including phenoxy) is 8. The third-order valence-electron chi connectivity index (χ3n) is 32.2. The van der Waals surface area contributed by atoms with Crippen LogP contribution in [-0.2, 0) is 71.5 Å². The van der Waals surface area contributed by atoms with Crippen molar-refractivity contribution in [3.63, 3.8) is 0 Å². The predicted molar refractivity (Wildman–Crippen MR) is 345 cm³/mol. The fourth-order valence-electron chi connectivity index (χ4n) is 29.0. The maximum atomic E-state index is 11.4. The van der Waals surface area contributed by atoms with Crippen LogP contribution in [0.3, 0.4) is 0 Å². The molecule has 15 heteroatoms. The van der Waals surface area contributed by atoms with Crippen LogP contribution < -0.4 is 0 Å². The van der Waals surface area contributed by atoms with Gasteiger partial charge in [-0.3, -0.25) is 33.6 Å². The lowest BCUT2D eigenvalue weighted by molar-refractivity contribution is -0.155. The first-order chi connectivity index (χ1) is 46.3. The summed E-state index contributed by atoms with van der Waals surface area (Å²) in [5.41, 5.74) is 0. The lowest BCUT2D eigenvalue weighted by atomic mass is 9.56. The van der Waals surface area contributed by atoms with Gasteiger partial charge in [0, 0.05) is 25.0 Å². The number of cyclic esters (lactones) is 4. The van der Waals surface area contributed by atoms with E-state index in [1.165, 1.54) is 115 Å². The summed E-state index contributed by atoms with van der Waals surface area (Å²) in [6, 6.07) is 0. The summed E-state index contributed by atoms with van der Waals surface area (Å²) in [6.07, 6.45) is 49.2. The molecule has 26 unspecified atom stereocenters. The molecule has 0 aromatic carbocycles. The highest BCUT2D eigenvalue weighted by molar-refractivity contribution is 5.97. The number of esters is 7. The van der Waals surface area contributed by atoms with Crippen molar-refractivity contribution in [3.05, 3.63) is 0 Å². The minimum Gasteiger partial charge on any atom is -0.465 e. The van der Waals surface area contributed by atoms with Gasteiger partial charge in [0.15, 0.2) is 0 Å². The number of carbonyl (C=O) groups excluding carboxylic acids is 7. The van der Waals surface area contributed by atoms with Gasteiger partial charge in [-0.2, -0.15) is 0 Å². The van der Waals surface area contributed by atoms with Crippen molar-refractivity contribution in [3.8, 4) is 0 Å². The maximum absolute atomic E-state index is 11.4. The zero-order chi connectivity index (χ0) is 63.9. The first-order valence-electron chi connectivity index (χ1n) is 40.2. The molecule has 0 amide bonds. The molecule has 28 fully saturated rings. The molecule has 9 aliphatic heterocycles. The fraction of sp³-hybridized carbons (Fsp3) is 0.912. The Bertz CT molecular complexity index is 2750. The zero-order valence-electron chi connectivity index (χ0n) is 56.8. The average molecular weight is 1310 g/mol. The Hall–Kier alpha value is -3.59. The molecule has 28 rings (SSSR count). The second kappa shape index (κ2) is 26.1. The van der Waals surface area contributed by atoms with Crippen molar-refractivity contribution in [1.29, 1.82) is 0 Å². The third-order valence-corrected chi connectivity index (χ3v) is 32.2. The van der Waals surface area contributed by atoms with Crippen LogP contribution in [0.2, 0.25) is 0 Å². The van der Waals surface area contributed by atoms with Gasteiger partial charge in [0.1, 0.15) is 30.8 Å². The molecule has 9 heterocycles. The predicted octanol–water partition coefficient (Wildman–Crippen LogP) is 13.4. The fourth-order valence-corrected chi connectivity index (χ4v) is 29.0. The Kier molecular flexibility index (Phi) is 17.5. The smallest absolute Gasteiger partial charge is 0.317 e. The van der Waals surface area contributed by atoms with Crippen LogP contribution in [0.25, 0.3) is 0 Å². The largest absolute Gasteiger partial charge is 0.465 e. The van der Waals surface area contributed by atoms with Crippen molar-refractivity contribution in [1.82, 2.24) is 0 Å². The van der Waals surface area contributed by atoms with Gasteiger partial charge in [-0.15, -0.1) is 0 Å². The van der Waals surface area contributed by atoms with E-state index < -0.39 is 0 Å². The lowest BCUT2D eigenvalue weighted by Gasteiger charge is -2.49. The van der Waals surface area contributed by atoms with Gasteiger partial charge in [-0.25, -0.2) is 0 Å². The van der Waals surface area contributed by atoms with Gasteiger partial charge < -0.3 is 37.9 Å². The van der Waals surface area contributed by atoms with Crippen LogP contribution in [0, 0.1) is 172 Å². The van der Waals surface area contributed by atoms with Gasteiger partial charge >= 0.3 is 41.8 Å². The molecule has 522 valence electrons. The van der Waals surface area contributed by atoms with E-state index in [4.69, 9.17) is 28.4 Å². The maximum Gasteiger partial charge on any atom is 0.317 e. The second-order valence-electron chi connectivity index (χ2n) is 36.9. The minimum atomic E-state index is -0.313. The molecule has 26 atom stereocenters. The van der Waals surface area contributed by atoms with Gasteiger partial charge in [0.2, 0.25) is 0 Å². The summed E-state index contributed by atoms with van der Waals surface area (Å²) in [7, 11) is 0. The van der Waals surface area contributed by atoms with Crippen LogP contribution in [-0.4, -0.2) is 98.7 Å². The number of rotatable bonds is 0. The first kappa shape index (κ1) is 63.6. The van der Waals surface area contributed by atoms with Crippen LogP contribution in [0.5, 0.6) is 0 Å². The SMILES string of the molecule is C1C2CC3CC1CC(C2)C3.C1CC2C3CCC(C3)C2C1.C1CC2CC1C1C3CCC(C3)C21.C1CC2OCCC2O1.O=C1CC2C(=O)OCC2O1.O=C1OC(=O)C2C3CCC(C3)C12.O=C1OC2CC3CC(C2)CC1C3.O=C1OC2CC3CC1C2C3.O=C1OCC2C3CCC(C3)C12. The summed E-state index contributed by atoms with van der Waals surface area (Å²) in [5, 5.41) is 0. The highest BCUT2D eigenvalue weighted by Crippen LogP contribution is 2.68. The molecule has 95 heavy (non-hydrogen) atoms. The minimum absolute atomic E-state index is 0.0590. The highest BCUT2D eigenvalue weighted by atomic mass is 16.6. The Morgan fingerprint density at radius 3 is 1.26 bits per heavy atom. The van der Waals surface area contributed by atoms with Crippen molar-refractivity contribution < 1.29 is 71.5 Å². The van der Waals surface area contributed by atoms with Gasteiger partial charge in [0.25, 0.3) is 0 Å². The van der Waals surface area contributed by atoms with Gasteiger partial charge in [0.05, 0.1) is 54.8 Å². The summed E-state index contributed by atoms with van der Waals surface area (Å²) in [6.45, 7) is 2.80. The molecule has 15 nitrogen and oxygen atoms in total. The van der Waals surface area contributed by atoms with Gasteiger partial charge in [-0.1, -0.05) is 6.42 Å². The van der Waals surface area contributed by atoms with Gasteiger partial charge in [-0.05, 0) is 336 Å². The van der Waals surface area contributed by atoms with Crippen LogP contribution >= 0.6 is 0 Å². The first-order valence-corrected chi connectivity index (χ1v) is 40.2. The molecule has 20 bridgehead atoms. The Balaban J connectivity index is 0.0000000784. The monoisotopic (exact) mass is 1310 g/mol. The Labute approximate surface area is 564 Å². The van der Waals surface area contributed by atoms with E-state index >= 15 is 0 Å². The molecule has 0 aromatic rings. The lowest BCUT2D eigenvalue weighted by Crippen LogP contribution is -2.38.